The summed E-state index contributed by atoms with van der Waals surface area (Å²) < 4.78 is 47.6. The molecule has 59 heavy (non-hydrogen) atoms. The molecule has 0 saturated heterocycles. The molecule has 3 heterocycles. The standard InChI is InChI=1S/C38H32FN2O.C15H16N.Ir/c1-22(2)30-19-26(25-11-7-6-8-12-25)20-31(23(3)4)36(30)41-33-14-10-9-13-32(33)40-38(41)29-17-15-24(5)35-28-18-16-27(39)21-34(28)42-37(29)35;1-15(2,3)13-9-10-16-14(11-13)12-7-5-4-6-8-12;/h6-16,18-23H,1-5H3;4-7,9-11H,1-3H3;/q2*-1;/i5D3;;. The Balaban J connectivity index is 0.000000286. The van der Waals surface area contributed by atoms with E-state index in [1.54, 1.807) is 6.07 Å². The Morgan fingerprint density at radius 1 is 0.780 bits per heavy atom. The molecule has 0 atom stereocenters. The molecule has 6 aromatic carbocycles. The summed E-state index contributed by atoms with van der Waals surface area (Å²) in [4.78, 5) is 9.52. The second-order valence-electron chi connectivity index (χ2n) is 16.4. The fraction of sp³-hybridized carbons (Fsp3) is 0.208. The number of para-hydroxylation sites is 2. The average molecular weight is 957 g/mol. The fourth-order valence-electron chi connectivity index (χ4n) is 7.59. The smallest absolute Gasteiger partial charge is 0.126 e. The quantitative estimate of drug-likeness (QED) is 0.156. The van der Waals surface area contributed by atoms with Crippen LogP contribution < -0.4 is 0 Å². The van der Waals surface area contributed by atoms with Crippen LogP contribution in [-0.4, -0.2) is 14.5 Å². The number of pyridine rings is 1. The van der Waals surface area contributed by atoms with Crippen molar-refractivity contribution in [1.82, 2.24) is 14.5 Å². The van der Waals surface area contributed by atoms with Gasteiger partial charge in [-0.05, 0) is 93.2 Å². The molecule has 299 valence electrons. The van der Waals surface area contributed by atoms with Crippen LogP contribution in [0.4, 0.5) is 4.39 Å². The summed E-state index contributed by atoms with van der Waals surface area (Å²) in [5.74, 6) is 0.461. The number of hydrogen-bond donors (Lipinski definition) is 0. The molecule has 1 radical (unpaired) electrons. The van der Waals surface area contributed by atoms with Crippen molar-refractivity contribution in [3.8, 4) is 39.5 Å². The van der Waals surface area contributed by atoms with E-state index in [0.717, 1.165) is 50.2 Å². The molecule has 0 aliphatic rings. The van der Waals surface area contributed by atoms with Gasteiger partial charge in [0.15, 0.2) is 0 Å². The van der Waals surface area contributed by atoms with E-state index in [2.05, 4.69) is 119 Å². The van der Waals surface area contributed by atoms with Crippen molar-refractivity contribution in [3.63, 3.8) is 0 Å². The molecular formula is C53H48FIrN3O-2. The minimum Gasteiger partial charge on any atom is -0.500 e. The zero-order chi connectivity index (χ0) is 43.2. The Hall–Kier alpha value is -5.68. The molecule has 4 nitrogen and oxygen atoms in total. The minimum atomic E-state index is -2.43. The molecule has 0 fully saturated rings. The van der Waals surface area contributed by atoms with Gasteiger partial charge in [-0.3, -0.25) is 4.98 Å². The number of halogens is 1. The van der Waals surface area contributed by atoms with E-state index in [-0.39, 0.29) is 48.5 Å². The van der Waals surface area contributed by atoms with Gasteiger partial charge in [0.1, 0.15) is 11.4 Å². The van der Waals surface area contributed by atoms with Crippen molar-refractivity contribution in [3.05, 3.63) is 174 Å². The molecule has 0 N–H and O–H groups in total. The first-order chi connectivity index (χ1) is 29.1. The van der Waals surface area contributed by atoms with Crippen LogP contribution in [0.15, 0.2) is 138 Å². The molecule has 0 amide bonds. The molecule has 9 rings (SSSR count). The zero-order valence-electron chi connectivity index (χ0n) is 37.3. The van der Waals surface area contributed by atoms with Gasteiger partial charge in [-0.25, -0.2) is 4.39 Å². The normalized spacial score (nSPS) is 12.6. The minimum absolute atomic E-state index is 0. The van der Waals surface area contributed by atoms with Crippen LogP contribution in [0.25, 0.3) is 72.4 Å². The number of aromatic nitrogens is 3. The first kappa shape index (κ1) is 37.6. The van der Waals surface area contributed by atoms with Crippen LogP contribution in [0.2, 0.25) is 0 Å². The summed E-state index contributed by atoms with van der Waals surface area (Å²) in [6, 6.07) is 47.2. The number of aryl methyl sites for hydroxylation is 1. The van der Waals surface area contributed by atoms with Crippen molar-refractivity contribution in [1.29, 1.82) is 0 Å². The van der Waals surface area contributed by atoms with Crippen LogP contribution >= 0.6 is 0 Å². The Labute approximate surface area is 364 Å². The molecule has 0 unspecified atom stereocenters. The van der Waals surface area contributed by atoms with E-state index in [1.807, 2.05) is 60.8 Å². The molecule has 0 spiro atoms. The van der Waals surface area contributed by atoms with E-state index >= 15 is 0 Å². The molecule has 0 aliphatic heterocycles. The van der Waals surface area contributed by atoms with E-state index in [1.165, 1.54) is 23.8 Å². The van der Waals surface area contributed by atoms with Crippen LogP contribution in [0.3, 0.4) is 0 Å². The fourth-order valence-corrected chi connectivity index (χ4v) is 7.59. The van der Waals surface area contributed by atoms with E-state index in [9.17, 15) is 4.39 Å². The van der Waals surface area contributed by atoms with E-state index in [0.29, 0.717) is 27.7 Å². The van der Waals surface area contributed by atoms with Crippen molar-refractivity contribution in [2.45, 2.75) is 72.6 Å². The predicted octanol–water partition coefficient (Wildman–Crippen LogP) is 14.6. The summed E-state index contributed by atoms with van der Waals surface area (Å²) in [7, 11) is 0. The molecule has 0 saturated carbocycles. The largest absolute Gasteiger partial charge is 0.500 e. The zero-order valence-corrected chi connectivity index (χ0v) is 36.7. The first-order valence-electron chi connectivity index (χ1n) is 21.3. The molecule has 0 bridgehead atoms. The van der Waals surface area contributed by atoms with Gasteiger partial charge in [-0.2, -0.15) is 0 Å². The van der Waals surface area contributed by atoms with Gasteiger partial charge in [-0.1, -0.05) is 115 Å². The maximum atomic E-state index is 14.3. The van der Waals surface area contributed by atoms with Gasteiger partial charge in [0.05, 0.1) is 22.4 Å². The second-order valence-corrected chi connectivity index (χ2v) is 16.4. The average Bonchev–Trinajstić information content (AvgIpc) is 3.81. The van der Waals surface area contributed by atoms with Crippen molar-refractivity contribution < 1.29 is 33.0 Å². The summed E-state index contributed by atoms with van der Waals surface area (Å²) in [6.07, 6.45) is 1.87. The maximum absolute atomic E-state index is 14.3. The summed E-state index contributed by atoms with van der Waals surface area (Å²) >= 11 is 0. The number of furan rings is 1. The number of hydrogen-bond acceptors (Lipinski definition) is 3. The molecule has 0 aliphatic carbocycles. The molecule has 6 heteroatoms. The Kier molecular flexibility index (Phi) is 10.8. The SMILES string of the molecule is CC(C)(C)c1ccnc(-c2[c-]cccc2)c1.[2H]C([2H])([2H])c1c[c-]c(-c2nc3ccccc3n2-c2c(C(C)C)cc(-c3ccccc3)cc2C(C)C)c2oc3cc(F)ccc3c12.[Ir]. The van der Waals surface area contributed by atoms with E-state index in [4.69, 9.17) is 13.5 Å². The topological polar surface area (TPSA) is 43.9 Å². The molecule has 3 aromatic heterocycles. The third kappa shape index (κ3) is 8.17. The van der Waals surface area contributed by atoms with Gasteiger partial charge in [0, 0.05) is 47.6 Å². The third-order valence-electron chi connectivity index (χ3n) is 10.6. The number of benzene rings is 6. The molecule has 9 aromatic rings. The predicted molar refractivity (Wildman–Crippen MR) is 238 cm³/mol. The summed E-state index contributed by atoms with van der Waals surface area (Å²) in [5, 5.41) is 0.957. The van der Waals surface area contributed by atoms with E-state index < -0.39 is 12.7 Å². The van der Waals surface area contributed by atoms with Crippen LogP contribution in [0.5, 0.6) is 0 Å². The summed E-state index contributed by atoms with van der Waals surface area (Å²) in [5.41, 5.74) is 12.1. The van der Waals surface area contributed by atoms with Crippen LogP contribution in [0, 0.1) is 24.8 Å². The number of imidazole rings is 1. The molecular weight excluding hydrogens is 906 g/mol. The first-order valence-corrected chi connectivity index (χ1v) is 19.8. The number of fused-ring (bicyclic) bond motifs is 4. The Bertz CT molecular complexity index is 2990. The van der Waals surface area contributed by atoms with Crippen LogP contribution in [-0.2, 0) is 25.5 Å². The third-order valence-corrected chi connectivity index (χ3v) is 10.6. The van der Waals surface area contributed by atoms with Crippen LogP contribution in [0.1, 0.15) is 86.7 Å². The van der Waals surface area contributed by atoms with Gasteiger partial charge < -0.3 is 14.0 Å². The van der Waals surface area contributed by atoms with Gasteiger partial charge in [0.2, 0.25) is 0 Å². The summed E-state index contributed by atoms with van der Waals surface area (Å²) in [6.45, 7) is 13.0. The maximum Gasteiger partial charge on any atom is 0.126 e. The Morgan fingerprint density at radius 3 is 2.17 bits per heavy atom. The number of nitrogens with zero attached hydrogens (tertiary/aromatic N) is 3. The number of rotatable bonds is 6. The van der Waals surface area contributed by atoms with Crippen molar-refractivity contribution in [2.75, 3.05) is 0 Å². The van der Waals surface area contributed by atoms with Crippen molar-refractivity contribution >= 4 is 33.0 Å². The van der Waals surface area contributed by atoms with Gasteiger partial charge >= 0.3 is 0 Å². The van der Waals surface area contributed by atoms with Crippen molar-refractivity contribution in [2.24, 2.45) is 0 Å². The monoisotopic (exact) mass is 957 g/mol. The Morgan fingerprint density at radius 2 is 1.49 bits per heavy atom. The second kappa shape index (κ2) is 16.9. The van der Waals surface area contributed by atoms with Gasteiger partial charge in [-0.15, -0.1) is 53.6 Å². The van der Waals surface area contributed by atoms with Gasteiger partial charge in [0.25, 0.3) is 0 Å².